The molecule has 0 spiro atoms. The monoisotopic (exact) mass is 739 g/mol. The molecule has 276 valence electrons. The lowest BCUT2D eigenvalue weighted by Crippen LogP contribution is -2.68. The Morgan fingerprint density at radius 2 is 1.90 bits per heavy atom. The van der Waals surface area contributed by atoms with Crippen molar-refractivity contribution in [1.29, 1.82) is 0 Å². The first kappa shape index (κ1) is 36.0. The molecule has 13 nitrogen and oxygen atoms in total. The minimum atomic E-state index is -4.52. The van der Waals surface area contributed by atoms with Gasteiger partial charge in [-0.05, 0) is 53.8 Å². The van der Waals surface area contributed by atoms with Crippen LogP contribution in [0.2, 0.25) is 0 Å². The van der Waals surface area contributed by atoms with Gasteiger partial charge in [0.05, 0.1) is 44.4 Å². The third kappa shape index (κ3) is 5.95. The van der Waals surface area contributed by atoms with E-state index in [1.165, 1.54) is 30.5 Å². The molecule has 3 aromatic rings. The minimum Gasteiger partial charge on any atom is -0.468 e. The topological polar surface area (TPSA) is 135 Å². The van der Waals surface area contributed by atoms with Gasteiger partial charge in [-0.3, -0.25) is 19.1 Å². The number of aliphatic hydroxyl groups excluding tert-OH is 1. The predicted molar refractivity (Wildman–Crippen MR) is 184 cm³/mol. The molecule has 0 aliphatic carbocycles. The lowest BCUT2D eigenvalue weighted by molar-refractivity contribution is -0.190. The number of esters is 1. The SMILES string of the molecule is CCOP(=O)(N[C@@H](C(=O)OC)C(C)(C)C)OC1=C2C(=O)N3CCOCC3N(C3c4ccccc4-n4cccc4-c4c3ccc(F)c4F)N2C=CC1O. The minimum absolute atomic E-state index is 0.0375. The van der Waals surface area contributed by atoms with Gasteiger partial charge in [0, 0.05) is 24.5 Å². The first-order chi connectivity index (χ1) is 24.8. The quantitative estimate of drug-likeness (QED) is 0.239. The molecule has 16 heteroatoms. The van der Waals surface area contributed by atoms with Crippen LogP contribution in [0, 0.1) is 17.0 Å². The number of morpholine rings is 1. The van der Waals surface area contributed by atoms with Crippen LogP contribution in [0.3, 0.4) is 0 Å². The molecule has 4 unspecified atom stereocenters. The number of rotatable bonds is 8. The fraction of sp³-hybridized carbons (Fsp3) is 0.389. The second kappa shape index (κ2) is 13.6. The van der Waals surface area contributed by atoms with E-state index in [4.69, 9.17) is 18.5 Å². The summed E-state index contributed by atoms with van der Waals surface area (Å²) in [5, 5.41) is 17.4. The summed E-state index contributed by atoms with van der Waals surface area (Å²) in [4.78, 5) is 28.9. The van der Waals surface area contributed by atoms with Gasteiger partial charge in [-0.1, -0.05) is 45.0 Å². The van der Waals surface area contributed by atoms with Gasteiger partial charge in [-0.15, -0.1) is 0 Å². The smallest absolute Gasteiger partial charge is 0.459 e. The molecule has 52 heavy (non-hydrogen) atoms. The number of ether oxygens (including phenoxy) is 2. The largest absolute Gasteiger partial charge is 0.468 e. The number of fused-ring (bicyclic) bond motifs is 7. The van der Waals surface area contributed by atoms with Gasteiger partial charge in [-0.25, -0.2) is 13.3 Å². The van der Waals surface area contributed by atoms with Crippen molar-refractivity contribution in [3.8, 4) is 16.9 Å². The maximum absolute atomic E-state index is 16.1. The van der Waals surface area contributed by atoms with E-state index >= 15 is 8.78 Å². The van der Waals surface area contributed by atoms with Crippen LogP contribution >= 0.6 is 7.75 Å². The number of amides is 1. The van der Waals surface area contributed by atoms with E-state index in [0.29, 0.717) is 22.5 Å². The molecule has 0 radical (unpaired) electrons. The summed E-state index contributed by atoms with van der Waals surface area (Å²) in [6, 6.07) is 11.4. The van der Waals surface area contributed by atoms with Crippen LogP contribution in [0.5, 0.6) is 0 Å². The number of nitrogens with zero attached hydrogens (tertiary/aromatic N) is 4. The fourth-order valence-electron chi connectivity index (χ4n) is 7.20. The van der Waals surface area contributed by atoms with E-state index in [2.05, 4.69) is 5.09 Å². The molecule has 4 aliphatic heterocycles. The summed E-state index contributed by atoms with van der Waals surface area (Å²) in [6.07, 6.45) is 2.25. The van der Waals surface area contributed by atoms with Crippen molar-refractivity contribution in [2.75, 3.05) is 33.5 Å². The van der Waals surface area contributed by atoms with Crippen molar-refractivity contribution in [2.24, 2.45) is 5.41 Å². The first-order valence-corrected chi connectivity index (χ1v) is 18.5. The molecule has 2 N–H and O–H groups in total. The highest BCUT2D eigenvalue weighted by atomic mass is 31.2. The van der Waals surface area contributed by atoms with Crippen molar-refractivity contribution < 1.29 is 46.6 Å². The van der Waals surface area contributed by atoms with Crippen LogP contribution in [0.4, 0.5) is 8.78 Å². The number of methoxy groups -OCH3 is 1. The fourth-order valence-corrected chi connectivity index (χ4v) is 8.98. The van der Waals surface area contributed by atoms with Crippen LogP contribution < -0.4 is 5.09 Å². The summed E-state index contributed by atoms with van der Waals surface area (Å²) in [6.45, 7) is 7.04. The number of aromatic nitrogens is 1. The van der Waals surface area contributed by atoms with Gasteiger partial charge < -0.3 is 28.6 Å². The van der Waals surface area contributed by atoms with E-state index in [1.807, 2.05) is 24.3 Å². The van der Waals surface area contributed by atoms with Crippen LogP contribution in [0.1, 0.15) is 44.9 Å². The average molecular weight is 740 g/mol. The normalized spacial score (nSPS) is 23.1. The van der Waals surface area contributed by atoms with E-state index < -0.39 is 66.8 Å². The Labute approximate surface area is 299 Å². The second-order valence-electron chi connectivity index (χ2n) is 13.8. The molecule has 0 saturated carbocycles. The van der Waals surface area contributed by atoms with Crippen LogP contribution in [0.15, 0.2) is 78.5 Å². The van der Waals surface area contributed by atoms with Crippen molar-refractivity contribution in [2.45, 2.75) is 52.0 Å². The van der Waals surface area contributed by atoms with Crippen molar-refractivity contribution in [1.82, 2.24) is 24.6 Å². The molecule has 2 saturated heterocycles. The Morgan fingerprint density at radius 3 is 2.63 bits per heavy atom. The zero-order valence-electron chi connectivity index (χ0n) is 29.3. The summed E-state index contributed by atoms with van der Waals surface area (Å²) >= 11 is 0. The Kier molecular flexibility index (Phi) is 9.39. The van der Waals surface area contributed by atoms with Crippen molar-refractivity contribution in [3.63, 3.8) is 0 Å². The number of hydrogen-bond acceptors (Lipinski definition) is 10. The molecule has 5 heterocycles. The highest BCUT2D eigenvalue weighted by molar-refractivity contribution is 7.51. The van der Waals surface area contributed by atoms with E-state index in [9.17, 15) is 19.3 Å². The molecule has 4 aliphatic rings. The zero-order valence-corrected chi connectivity index (χ0v) is 30.2. The maximum atomic E-state index is 16.1. The summed E-state index contributed by atoms with van der Waals surface area (Å²) in [7, 11) is -3.32. The van der Waals surface area contributed by atoms with Crippen LogP contribution in [0.25, 0.3) is 16.9 Å². The van der Waals surface area contributed by atoms with Gasteiger partial charge in [0.15, 0.2) is 23.1 Å². The Hall–Kier alpha value is -4.37. The summed E-state index contributed by atoms with van der Waals surface area (Å²) in [5.41, 5.74) is 1.23. The molecule has 7 rings (SSSR count). The number of halogens is 2. The van der Waals surface area contributed by atoms with E-state index in [-0.39, 0.29) is 37.6 Å². The summed E-state index contributed by atoms with van der Waals surface area (Å²) in [5.74, 6) is -3.75. The molecule has 2 fully saturated rings. The third-order valence-corrected chi connectivity index (χ3v) is 11.2. The highest BCUT2D eigenvalue weighted by Gasteiger charge is 2.52. The van der Waals surface area contributed by atoms with Crippen LogP contribution in [-0.2, 0) is 32.7 Å². The van der Waals surface area contributed by atoms with Crippen molar-refractivity contribution in [3.05, 3.63) is 101 Å². The molecule has 1 aromatic heterocycles. The second-order valence-corrected chi connectivity index (χ2v) is 15.5. The van der Waals surface area contributed by atoms with E-state index in [0.717, 1.165) is 6.07 Å². The number of hydrazine groups is 1. The molecular formula is C36H40F2N5O8P. The summed E-state index contributed by atoms with van der Waals surface area (Å²) < 4.78 is 70.0. The maximum Gasteiger partial charge on any atom is 0.459 e. The predicted octanol–water partition coefficient (Wildman–Crippen LogP) is 4.98. The lowest BCUT2D eigenvalue weighted by Gasteiger charge is -2.55. The van der Waals surface area contributed by atoms with Crippen LogP contribution in [-0.4, -0.2) is 88.3 Å². The number of carbonyl (C=O) groups is 2. The molecule has 5 atom stereocenters. The Balaban J connectivity index is 1.43. The highest BCUT2D eigenvalue weighted by Crippen LogP contribution is 2.52. The average Bonchev–Trinajstić information content (AvgIpc) is 3.56. The van der Waals surface area contributed by atoms with Gasteiger partial charge in [-0.2, -0.15) is 10.1 Å². The first-order valence-electron chi connectivity index (χ1n) is 16.9. The number of benzene rings is 2. The lowest BCUT2D eigenvalue weighted by atomic mass is 9.87. The third-order valence-electron chi connectivity index (χ3n) is 9.55. The standard InChI is InChI=1S/C36H40F2N5O8P/c1-6-50-52(47,39-33(35(46)48-5)36(2,3)4)51-32-26(44)15-17-42-31(32)34(45)41-18-19-49-20-27(41)43(42)30-21-10-7-8-11-24(21)40-16-9-12-25(40)28-22(30)13-14-23(37)29(28)38/h7-17,26-27,30,33,44H,6,18-20H2,1-5H3,(H,39,47)/t26?,27?,30?,33-,52?/m0/s1. The number of para-hydroxylation sites is 1. The number of aliphatic hydroxyl groups is 1. The Bertz CT molecular complexity index is 2030. The number of hydrogen-bond donors (Lipinski definition) is 2. The molecular weight excluding hydrogens is 699 g/mol. The van der Waals surface area contributed by atoms with Crippen molar-refractivity contribution >= 4 is 19.6 Å². The Morgan fingerprint density at radius 1 is 1.13 bits per heavy atom. The van der Waals surface area contributed by atoms with Gasteiger partial charge >= 0.3 is 13.7 Å². The van der Waals surface area contributed by atoms with Gasteiger partial charge in [0.2, 0.25) is 0 Å². The van der Waals surface area contributed by atoms with Gasteiger partial charge in [0.1, 0.15) is 18.3 Å². The number of nitrogens with one attached hydrogen (secondary N) is 1. The van der Waals surface area contributed by atoms with E-state index in [1.54, 1.807) is 60.5 Å². The van der Waals surface area contributed by atoms with Gasteiger partial charge in [0.25, 0.3) is 5.91 Å². The molecule has 1 amide bonds. The number of carbonyl (C=O) groups excluding carboxylic acids is 2. The zero-order chi connectivity index (χ0) is 37.1. The molecule has 0 bridgehead atoms. The molecule has 2 aromatic carbocycles.